The Morgan fingerprint density at radius 2 is 1.19 bits per heavy atom. The Labute approximate surface area is 159 Å². The highest BCUT2D eigenvalue weighted by molar-refractivity contribution is 6.08. The molecule has 26 heavy (non-hydrogen) atoms. The first-order valence-electron chi connectivity index (χ1n) is 10.9. The van der Waals surface area contributed by atoms with Crippen LogP contribution in [-0.4, -0.2) is 17.7 Å². The molecule has 0 aromatic carbocycles. The van der Waals surface area contributed by atoms with Crippen LogP contribution in [-0.2, 0) is 19.1 Å². The molecule has 0 aromatic rings. The SMILES string of the molecule is CCCCCCCCCCCCCCCCCC(=O)C1CC(=O)OC1=O. The highest BCUT2D eigenvalue weighted by Crippen LogP contribution is 2.20. The summed E-state index contributed by atoms with van der Waals surface area (Å²) in [6, 6.07) is 0. The van der Waals surface area contributed by atoms with E-state index in [1.807, 2.05) is 0 Å². The van der Waals surface area contributed by atoms with Crippen LogP contribution in [0.15, 0.2) is 0 Å². The zero-order chi connectivity index (χ0) is 19.0. The lowest BCUT2D eigenvalue weighted by atomic mass is 9.97. The van der Waals surface area contributed by atoms with Crippen molar-refractivity contribution in [2.24, 2.45) is 5.92 Å². The molecular formula is C22H38O4. The van der Waals surface area contributed by atoms with Crippen molar-refractivity contribution in [1.29, 1.82) is 0 Å². The van der Waals surface area contributed by atoms with E-state index in [9.17, 15) is 14.4 Å². The number of hydrogen-bond donors (Lipinski definition) is 0. The fraction of sp³-hybridized carbons (Fsp3) is 0.864. The van der Waals surface area contributed by atoms with Gasteiger partial charge in [-0.1, -0.05) is 96.8 Å². The van der Waals surface area contributed by atoms with Crippen molar-refractivity contribution < 1.29 is 19.1 Å². The maximum atomic E-state index is 11.9. The number of Topliss-reactive ketones (excluding diaryl/α,β-unsaturated/α-hetero) is 1. The van der Waals surface area contributed by atoms with Crippen molar-refractivity contribution in [3.8, 4) is 0 Å². The third-order valence-corrected chi connectivity index (χ3v) is 5.29. The quantitative estimate of drug-likeness (QED) is 0.182. The first-order chi connectivity index (χ1) is 12.6. The number of ether oxygens (including phenoxy) is 1. The summed E-state index contributed by atoms with van der Waals surface area (Å²) in [5, 5.41) is 0. The summed E-state index contributed by atoms with van der Waals surface area (Å²) in [6.07, 6.45) is 19.6. The number of carbonyl (C=O) groups is 3. The van der Waals surface area contributed by atoms with Crippen LogP contribution >= 0.6 is 0 Å². The van der Waals surface area contributed by atoms with Crippen LogP contribution in [0.25, 0.3) is 0 Å². The Bertz CT molecular complexity index is 416. The Morgan fingerprint density at radius 1 is 0.769 bits per heavy atom. The van der Waals surface area contributed by atoms with Crippen LogP contribution in [0, 0.1) is 5.92 Å². The standard InChI is InChI=1S/C22H38O4/c1-2-3-4-5-6-7-8-9-10-11-12-13-14-15-16-17-20(23)19-18-21(24)26-22(19)25/h19H,2-18H2,1H3. The van der Waals surface area contributed by atoms with Crippen molar-refractivity contribution >= 4 is 17.7 Å². The number of ketones is 1. The summed E-state index contributed by atoms with van der Waals surface area (Å²) in [6.45, 7) is 2.26. The largest absolute Gasteiger partial charge is 0.393 e. The van der Waals surface area contributed by atoms with Crippen molar-refractivity contribution in [1.82, 2.24) is 0 Å². The highest BCUT2D eigenvalue weighted by atomic mass is 16.6. The van der Waals surface area contributed by atoms with Crippen molar-refractivity contribution in [3.63, 3.8) is 0 Å². The third kappa shape index (κ3) is 10.7. The average Bonchev–Trinajstić information content (AvgIpc) is 2.96. The van der Waals surface area contributed by atoms with Crippen molar-refractivity contribution in [2.45, 2.75) is 116 Å². The van der Waals surface area contributed by atoms with Crippen molar-refractivity contribution in [3.05, 3.63) is 0 Å². The zero-order valence-corrected chi connectivity index (χ0v) is 16.7. The molecule has 0 aromatic heterocycles. The second kappa shape index (κ2) is 14.9. The first-order valence-corrected chi connectivity index (χ1v) is 10.9. The van der Waals surface area contributed by atoms with Crippen LogP contribution in [0.2, 0.25) is 0 Å². The van der Waals surface area contributed by atoms with Crippen LogP contribution in [0.4, 0.5) is 0 Å². The molecule has 0 bridgehead atoms. The van der Waals surface area contributed by atoms with E-state index < -0.39 is 17.9 Å². The monoisotopic (exact) mass is 366 g/mol. The molecule has 1 aliphatic rings. The summed E-state index contributed by atoms with van der Waals surface area (Å²) in [4.78, 5) is 34.2. The van der Waals surface area contributed by atoms with Gasteiger partial charge in [-0.05, 0) is 6.42 Å². The third-order valence-electron chi connectivity index (χ3n) is 5.29. The van der Waals surface area contributed by atoms with Gasteiger partial charge in [0.2, 0.25) is 0 Å². The molecule has 1 fully saturated rings. The minimum absolute atomic E-state index is 0.0591. The minimum atomic E-state index is -0.825. The van der Waals surface area contributed by atoms with E-state index in [0.717, 1.165) is 19.3 Å². The summed E-state index contributed by atoms with van der Waals surface area (Å²) in [5.41, 5.74) is 0. The molecule has 4 heteroatoms. The van der Waals surface area contributed by atoms with Gasteiger partial charge in [-0.25, -0.2) is 0 Å². The van der Waals surface area contributed by atoms with E-state index in [1.165, 1.54) is 77.0 Å². The number of unbranched alkanes of at least 4 members (excludes halogenated alkanes) is 14. The van der Waals surface area contributed by atoms with Gasteiger partial charge >= 0.3 is 11.9 Å². The second-order valence-corrected chi connectivity index (χ2v) is 7.72. The minimum Gasteiger partial charge on any atom is -0.393 e. The molecule has 0 amide bonds. The molecule has 4 nitrogen and oxygen atoms in total. The van der Waals surface area contributed by atoms with E-state index in [-0.39, 0.29) is 12.2 Å². The van der Waals surface area contributed by atoms with Crippen LogP contribution in [0.1, 0.15) is 116 Å². The van der Waals surface area contributed by atoms with Gasteiger partial charge in [-0.3, -0.25) is 14.4 Å². The van der Waals surface area contributed by atoms with Gasteiger partial charge in [-0.15, -0.1) is 0 Å². The molecule has 1 unspecified atom stereocenters. The van der Waals surface area contributed by atoms with Gasteiger partial charge in [0.15, 0.2) is 0 Å². The molecule has 0 saturated carbocycles. The molecule has 1 atom stereocenters. The molecule has 150 valence electrons. The van der Waals surface area contributed by atoms with Gasteiger partial charge in [0.25, 0.3) is 0 Å². The Morgan fingerprint density at radius 3 is 1.58 bits per heavy atom. The topological polar surface area (TPSA) is 60.4 Å². The molecular weight excluding hydrogens is 328 g/mol. The van der Waals surface area contributed by atoms with E-state index in [4.69, 9.17) is 0 Å². The molecule has 1 saturated heterocycles. The molecule has 1 heterocycles. The van der Waals surface area contributed by atoms with Gasteiger partial charge in [0.05, 0.1) is 6.42 Å². The summed E-state index contributed by atoms with van der Waals surface area (Å²) in [5.74, 6) is -2.17. The number of cyclic esters (lactones) is 2. The predicted octanol–water partition coefficient (Wildman–Crippen LogP) is 5.91. The summed E-state index contributed by atoms with van der Waals surface area (Å²) >= 11 is 0. The van der Waals surface area contributed by atoms with Crippen LogP contribution in [0.3, 0.4) is 0 Å². The van der Waals surface area contributed by atoms with Crippen LogP contribution in [0.5, 0.6) is 0 Å². The zero-order valence-electron chi connectivity index (χ0n) is 16.7. The Balaban J connectivity index is 1.80. The maximum absolute atomic E-state index is 11.9. The van der Waals surface area contributed by atoms with Gasteiger partial charge in [0, 0.05) is 6.42 Å². The number of rotatable bonds is 17. The molecule has 1 rings (SSSR count). The smallest absolute Gasteiger partial charge is 0.324 e. The number of esters is 2. The van der Waals surface area contributed by atoms with Crippen LogP contribution < -0.4 is 0 Å². The van der Waals surface area contributed by atoms with E-state index in [0.29, 0.717) is 6.42 Å². The normalized spacial score (nSPS) is 16.9. The van der Waals surface area contributed by atoms with Gasteiger partial charge < -0.3 is 4.74 Å². The van der Waals surface area contributed by atoms with E-state index >= 15 is 0 Å². The second-order valence-electron chi connectivity index (χ2n) is 7.72. The average molecular weight is 367 g/mol. The molecule has 0 N–H and O–H groups in total. The Hall–Kier alpha value is -1.19. The first kappa shape index (κ1) is 22.9. The lowest BCUT2D eigenvalue weighted by molar-refractivity contribution is -0.153. The van der Waals surface area contributed by atoms with E-state index in [1.54, 1.807) is 0 Å². The lowest BCUT2D eigenvalue weighted by Crippen LogP contribution is -2.18. The van der Waals surface area contributed by atoms with E-state index in [2.05, 4.69) is 11.7 Å². The molecule has 0 aliphatic carbocycles. The Kier molecular flexibility index (Phi) is 13.1. The predicted molar refractivity (Wildman–Crippen MR) is 104 cm³/mol. The fourth-order valence-electron chi connectivity index (χ4n) is 3.57. The fourth-order valence-corrected chi connectivity index (χ4v) is 3.57. The van der Waals surface area contributed by atoms with Crippen molar-refractivity contribution in [2.75, 3.05) is 0 Å². The van der Waals surface area contributed by atoms with Gasteiger partial charge in [0.1, 0.15) is 11.7 Å². The molecule has 0 spiro atoms. The maximum Gasteiger partial charge on any atom is 0.324 e. The summed E-state index contributed by atoms with van der Waals surface area (Å²) in [7, 11) is 0. The lowest BCUT2D eigenvalue weighted by Gasteiger charge is -2.05. The number of hydrogen-bond acceptors (Lipinski definition) is 4. The molecule has 1 aliphatic heterocycles. The van der Waals surface area contributed by atoms with Gasteiger partial charge in [-0.2, -0.15) is 0 Å². The molecule has 0 radical (unpaired) electrons. The summed E-state index contributed by atoms with van der Waals surface area (Å²) < 4.78 is 4.42. The highest BCUT2D eigenvalue weighted by Gasteiger charge is 2.38. The number of carbonyl (C=O) groups excluding carboxylic acids is 3.